The summed E-state index contributed by atoms with van der Waals surface area (Å²) in [5.74, 6) is 0. The van der Waals surface area contributed by atoms with E-state index >= 15 is 0 Å². The van der Waals surface area contributed by atoms with E-state index in [1.54, 1.807) is 11.3 Å². The molecule has 0 N–H and O–H groups in total. The van der Waals surface area contributed by atoms with Crippen LogP contribution in [-0.2, 0) is 20.0 Å². The van der Waals surface area contributed by atoms with Gasteiger partial charge in [0.1, 0.15) is 5.01 Å². The topological polar surface area (TPSA) is 37.2 Å². The second kappa shape index (κ2) is 7.11. The molecule has 0 radical (unpaired) electrons. The van der Waals surface area contributed by atoms with E-state index in [0.717, 1.165) is 19.5 Å². The maximum absolute atomic E-state index is 4.48. The lowest BCUT2D eigenvalue weighted by Crippen LogP contribution is -2.47. The van der Waals surface area contributed by atoms with Crippen molar-refractivity contribution in [1.82, 2.24) is 24.6 Å². The first-order valence-electron chi connectivity index (χ1n) is 8.36. The lowest BCUT2D eigenvalue weighted by Gasteiger charge is -2.35. The van der Waals surface area contributed by atoms with E-state index in [4.69, 9.17) is 0 Å². The van der Waals surface area contributed by atoms with Crippen molar-refractivity contribution >= 4 is 11.3 Å². The number of likely N-dealkylation sites (N-methyl/N-ethyl adjacent to an activating group) is 1. The van der Waals surface area contributed by atoms with E-state index in [9.17, 15) is 0 Å². The van der Waals surface area contributed by atoms with Crippen LogP contribution in [0.3, 0.4) is 0 Å². The second-order valence-electron chi connectivity index (χ2n) is 6.81. The van der Waals surface area contributed by atoms with Gasteiger partial charge >= 0.3 is 0 Å². The zero-order chi connectivity index (χ0) is 16.4. The van der Waals surface area contributed by atoms with Gasteiger partial charge in [-0.3, -0.25) is 14.5 Å². The molecule has 3 rings (SSSR count). The molecule has 0 saturated carbocycles. The second-order valence-corrected chi connectivity index (χ2v) is 7.78. The smallest absolute Gasteiger partial charge is 0.107 e. The van der Waals surface area contributed by atoms with Crippen LogP contribution in [-0.4, -0.2) is 56.3 Å². The van der Waals surface area contributed by atoms with E-state index in [-0.39, 0.29) is 0 Å². The van der Waals surface area contributed by atoms with E-state index in [2.05, 4.69) is 52.4 Å². The van der Waals surface area contributed by atoms with Crippen molar-refractivity contribution in [3.05, 3.63) is 34.5 Å². The van der Waals surface area contributed by atoms with Gasteiger partial charge < -0.3 is 0 Å². The summed E-state index contributed by atoms with van der Waals surface area (Å²) in [5, 5.41) is 7.62. The summed E-state index contributed by atoms with van der Waals surface area (Å²) in [6.45, 7) is 6.67. The summed E-state index contributed by atoms with van der Waals surface area (Å²) in [5.41, 5.74) is 1.32. The monoisotopic (exact) mass is 333 g/mol. The van der Waals surface area contributed by atoms with Gasteiger partial charge in [-0.2, -0.15) is 5.10 Å². The van der Waals surface area contributed by atoms with Gasteiger partial charge in [-0.1, -0.05) is 0 Å². The van der Waals surface area contributed by atoms with Gasteiger partial charge in [0.2, 0.25) is 0 Å². The zero-order valence-corrected chi connectivity index (χ0v) is 15.3. The molecule has 1 aliphatic heterocycles. The predicted octanol–water partition coefficient (Wildman–Crippen LogP) is 2.40. The summed E-state index contributed by atoms with van der Waals surface area (Å²) >= 11 is 1.76. The molecule has 2 aromatic rings. The average Bonchev–Trinajstić information content (AvgIpc) is 3.23. The van der Waals surface area contributed by atoms with E-state index in [0.29, 0.717) is 18.1 Å². The number of likely N-dealkylation sites (tertiary alicyclic amines) is 1. The minimum absolute atomic E-state index is 0.524. The Bertz CT molecular complexity index is 606. The fraction of sp³-hybridized carbons (Fsp3) is 0.647. The molecule has 0 bridgehead atoms. The van der Waals surface area contributed by atoms with Crippen LogP contribution in [0.1, 0.15) is 30.8 Å². The Balaban J connectivity index is 1.78. The number of hydrogen-bond donors (Lipinski definition) is 0. The van der Waals surface area contributed by atoms with E-state index in [1.165, 1.54) is 17.0 Å². The molecule has 0 unspecified atom stereocenters. The lowest BCUT2D eigenvalue weighted by atomic mass is 10.00. The van der Waals surface area contributed by atoms with Gasteiger partial charge in [-0.25, -0.2) is 4.98 Å². The predicted molar refractivity (Wildman–Crippen MR) is 94.5 cm³/mol. The molecule has 3 heterocycles. The van der Waals surface area contributed by atoms with Gasteiger partial charge in [0.25, 0.3) is 0 Å². The van der Waals surface area contributed by atoms with Crippen LogP contribution in [0.15, 0.2) is 24.0 Å². The largest absolute Gasteiger partial charge is 0.299 e. The molecule has 23 heavy (non-hydrogen) atoms. The molecule has 2 atom stereocenters. The highest BCUT2D eigenvalue weighted by molar-refractivity contribution is 7.09. The van der Waals surface area contributed by atoms with Crippen LogP contribution < -0.4 is 0 Å². The number of hydrogen-bond acceptors (Lipinski definition) is 5. The molecule has 1 fully saturated rings. The summed E-state index contributed by atoms with van der Waals surface area (Å²) in [6, 6.07) is 1.68. The van der Waals surface area contributed by atoms with Crippen molar-refractivity contribution in [2.24, 2.45) is 7.05 Å². The van der Waals surface area contributed by atoms with E-state index < -0.39 is 0 Å². The SMILES string of the molecule is CC(C)N(C)[C@@H]1CCN(Cc2nccs2)[C@H]1Cc1cnn(C)c1. The van der Waals surface area contributed by atoms with Crippen molar-refractivity contribution in [2.75, 3.05) is 13.6 Å². The highest BCUT2D eigenvalue weighted by Crippen LogP contribution is 2.28. The van der Waals surface area contributed by atoms with Crippen molar-refractivity contribution in [2.45, 2.75) is 51.4 Å². The molecule has 0 amide bonds. The fourth-order valence-corrected chi connectivity index (χ4v) is 4.18. The number of nitrogens with zero attached hydrogens (tertiary/aromatic N) is 5. The molecular formula is C17H27N5S. The molecule has 0 aliphatic carbocycles. The van der Waals surface area contributed by atoms with Gasteiger partial charge in [-0.15, -0.1) is 11.3 Å². The van der Waals surface area contributed by atoms with Crippen molar-refractivity contribution in [1.29, 1.82) is 0 Å². The standard InChI is InChI=1S/C17H27N5S/c1-13(2)21(4)15-5-7-22(12-17-18-6-8-23-17)16(15)9-14-10-19-20(3)11-14/h6,8,10-11,13,15-16H,5,7,9,12H2,1-4H3/t15-,16+/m1/s1. The fourth-order valence-electron chi connectivity index (χ4n) is 3.54. The minimum atomic E-state index is 0.524. The van der Waals surface area contributed by atoms with Crippen molar-refractivity contribution in [3.8, 4) is 0 Å². The van der Waals surface area contributed by atoms with Gasteiger partial charge in [0.05, 0.1) is 12.7 Å². The third-order valence-corrected chi connectivity index (χ3v) is 5.75. The normalized spacial score (nSPS) is 22.5. The van der Waals surface area contributed by atoms with Crippen LogP contribution in [0.5, 0.6) is 0 Å². The Hall–Kier alpha value is -1.24. The molecule has 2 aromatic heterocycles. The first-order valence-corrected chi connectivity index (χ1v) is 9.24. The lowest BCUT2D eigenvalue weighted by molar-refractivity contribution is 0.135. The summed E-state index contributed by atoms with van der Waals surface area (Å²) in [7, 11) is 4.25. The Morgan fingerprint density at radius 3 is 2.87 bits per heavy atom. The highest BCUT2D eigenvalue weighted by atomic mass is 32.1. The quantitative estimate of drug-likeness (QED) is 0.813. The number of aromatic nitrogens is 3. The van der Waals surface area contributed by atoms with Crippen LogP contribution in [0.4, 0.5) is 0 Å². The average molecular weight is 334 g/mol. The summed E-state index contributed by atoms with van der Waals surface area (Å²) in [4.78, 5) is 9.61. The third kappa shape index (κ3) is 3.82. The van der Waals surface area contributed by atoms with E-state index in [1.807, 2.05) is 24.1 Å². The first kappa shape index (κ1) is 16.6. The molecule has 1 aliphatic rings. The minimum Gasteiger partial charge on any atom is -0.299 e. The Morgan fingerprint density at radius 2 is 2.26 bits per heavy atom. The summed E-state index contributed by atoms with van der Waals surface area (Å²) in [6.07, 6.45) is 8.34. The molecule has 6 heteroatoms. The Morgan fingerprint density at radius 1 is 1.43 bits per heavy atom. The summed E-state index contributed by atoms with van der Waals surface area (Å²) < 4.78 is 1.90. The molecule has 5 nitrogen and oxygen atoms in total. The Labute approximate surface area is 142 Å². The molecule has 126 valence electrons. The maximum atomic E-state index is 4.48. The zero-order valence-electron chi connectivity index (χ0n) is 14.5. The maximum Gasteiger partial charge on any atom is 0.107 e. The Kier molecular flexibility index (Phi) is 5.14. The van der Waals surface area contributed by atoms with Crippen molar-refractivity contribution in [3.63, 3.8) is 0 Å². The molecule has 0 spiro atoms. The van der Waals surface area contributed by atoms with Crippen LogP contribution in [0.25, 0.3) is 0 Å². The highest BCUT2D eigenvalue weighted by Gasteiger charge is 2.37. The molecular weight excluding hydrogens is 306 g/mol. The van der Waals surface area contributed by atoms with Crippen LogP contribution in [0.2, 0.25) is 0 Å². The van der Waals surface area contributed by atoms with Gasteiger partial charge in [0, 0.05) is 49.5 Å². The molecule has 1 saturated heterocycles. The number of rotatable bonds is 6. The number of aryl methyl sites for hydroxylation is 1. The molecule has 0 aromatic carbocycles. The van der Waals surface area contributed by atoms with Gasteiger partial charge in [-0.05, 0) is 39.3 Å². The third-order valence-electron chi connectivity index (χ3n) is 4.99. The first-order chi connectivity index (χ1) is 11.0. The van der Waals surface area contributed by atoms with Gasteiger partial charge in [0.15, 0.2) is 0 Å². The van der Waals surface area contributed by atoms with Crippen molar-refractivity contribution < 1.29 is 0 Å². The van der Waals surface area contributed by atoms with Crippen LogP contribution in [0, 0.1) is 0 Å². The number of thiazole rings is 1. The van der Waals surface area contributed by atoms with Crippen LogP contribution >= 0.6 is 11.3 Å².